The maximum atomic E-state index is 12.6. The van der Waals surface area contributed by atoms with Crippen LogP contribution in [0.25, 0.3) is 0 Å². The number of carbonyl (C=O) groups excluding carboxylic acids is 1. The van der Waals surface area contributed by atoms with Crippen molar-refractivity contribution < 1.29 is 4.79 Å². The molecule has 0 atom stereocenters. The van der Waals surface area contributed by atoms with Crippen molar-refractivity contribution >= 4 is 23.6 Å². The Kier molecular flexibility index (Phi) is 7.42. The number of carbonyl (C=O) groups is 1. The van der Waals surface area contributed by atoms with E-state index in [1.54, 1.807) is 19.0 Å². The SMILES string of the molecule is Cc1nc(N(CCN(C(C)C)C(C)C)C(=O)N(C)C)nc(C)c1Cl. The van der Waals surface area contributed by atoms with E-state index in [-0.39, 0.29) is 6.03 Å². The van der Waals surface area contributed by atoms with Gasteiger partial charge in [-0.25, -0.2) is 14.8 Å². The van der Waals surface area contributed by atoms with Crippen molar-refractivity contribution in [1.29, 1.82) is 0 Å². The molecule has 0 aliphatic heterocycles. The first-order chi connectivity index (χ1) is 11.1. The van der Waals surface area contributed by atoms with E-state index >= 15 is 0 Å². The molecule has 0 unspecified atom stereocenters. The minimum absolute atomic E-state index is 0.136. The number of hydrogen-bond acceptors (Lipinski definition) is 4. The van der Waals surface area contributed by atoms with Crippen LogP contribution in [0.2, 0.25) is 5.02 Å². The Morgan fingerprint density at radius 1 is 1.00 bits per heavy atom. The molecule has 1 rings (SSSR count). The van der Waals surface area contributed by atoms with Gasteiger partial charge < -0.3 is 4.90 Å². The molecule has 1 aromatic rings. The Morgan fingerprint density at radius 3 is 1.83 bits per heavy atom. The summed E-state index contributed by atoms with van der Waals surface area (Å²) in [7, 11) is 3.46. The first kappa shape index (κ1) is 20.6. The third-order valence-electron chi connectivity index (χ3n) is 3.93. The van der Waals surface area contributed by atoms with Crippen molar-refractivity contribution in [2.45, 2.75) is 53.6 Å². The van der Waals surface area contributed by atoms with Gasteiger partial charge in [-0.05, 0) is 41.5 Å². The predicted octanol–water partition coefficient (Wildman–Crippen LogP) is 3.35. The van der Waals surface area contributed by atoms with Crippen LogP contribution in [-0.2, 0) is 0 Å². The van der Waals surface area contributed by atoms with E-state index in [9.17, 15) is 4.79 Å². The van der Waals surface area contributed by atoms with Gasteiger partial charge in [0.05, 0.1) is 16.4 Å². The monoisotopic (exact) mass is 355 g/mol. The molecule has 0 spiro atoms. The fourth-order valence-corrected chi connectivity index (χ4v) is 2.74. The van der Waals surface area contributed by atoms with Crippen LogP contribution in [0.1, 0.15) is 39.1 Å². The average Bonchev–Trinajstić information content (AvgIpc) is 2.47. The first-order valence-electron chi connectivity index (χ1n) is 8.31. The second kappa shape index (κ2) is 8.62. The van der Waals surface area contributed by atoms with E-state index in [0.717, 1.165) is 6.54 Å². The number of halogens is 1. The molecule has 136 valence electrons. The molecule has 0 saturated heterocycles. The van der Waals surface area contributed by atoms with Crippen LogP contribution >= 0.6 is 11.6 Å². The number of urea groups is 1. The number of aryl methyl sites for hydroxylation is 2. The zero-order valence-corrected chi connectivity index (χ0v) is 16.8. The van der Waals surface area contributed by atoms with Gasteiger partial charge in [0.15, 0.2) is 0 Å². The van der Waals surface area contributed by atoms with E-state index in [2.05, 4.69) is 42.6 Å². The molecule has 0 aliphatic carbocycles. The van der Waals surface area contributed by atoms with Crippen LogP contribution in [-0.4, -0.2) is 65.1 Å². The summed E-state index contributed by atoms with van der Waals surface area (Å²) in [5.41, 5.74) is 1.36. The number of rotatable bonds is 6. The second-order valence-corrected chi connectivity index (χ2v) is 7.14. The summed E-state index contributed by atoms with van der Waals surface area (Å²) in [5, 5.41) is 0.544. The molecular formula is C17H30ClN5O. The Bertz CT molecular complexity index is 543. The number of nitrogens with zero attached hydrogens (tertiary/aromatic N) is 5. The van der Waals surface area contributed by atoms with Crippen molar-refractivity contribution in [2.75, 3.05) is 32.1 Å². The molecule has 0 fully saturated rings. The lowest BCUT2D eigenvalue weighted by molar-refractivity contribution is 0.177. The molecule has 0 N–H and O–H groups in total. The fraction of sp³-hybridized carbons (Fsp3) is 0.706. The lowest BCUT2D eigenvalue weighted by atomic mass is 10.2. The summed E-state index contributed by atoms with van der Waals surface area (Å²) in [6, 6.07) is 0.662. The number of hydrogen-bond donors (Lipinski definition) is 0. The van der Waals surface area contributed by atoms with E-state index in [4.69, 9.17) is 11.6 Å². The summed E-state index contributed by atoms with van der Waals surface area (Å²) in [6.45, 7) is 13.6. The van der Waals surface area contributed by atoms with Crippen LogP contribution in [0.4, 0.5) is 10.7 Å². The Balaban J connectivity index is 3.12. The molecule has 0 bridgehead atoms. The maximum absolute atomic E-state index is 12.6. The van der Waals surface area contributed by atoms with Crippen LogP contribution in [0.5, 0.6) is 0 Å². The zero-order valence-electron chi connectivity index (χ0n) is 16.1. The van der Waals surface area contributed by atoms with Gasteiger partial charge in [-0.15, -0.1) is 0 Å². The summed E-state index contributed by atoms with van der Waals surface area (Å²) in [5.74, 6) is 0.403. The molecule has 1 heterocycles. The van der Waals surface area contributed by atoms with E-state index in [1.165, 1.54) is 4.90 Å². The van der Waals surface area contributed by atoms with E-state index in [1.807, 2.05) is 13.8 Å². The van der Waals surface area contributed by atoms with Crippen molar-refractivity contribution in [3.63, 3.8) is 0 Å². The van der Waals surface area contributed by atoms with E-state index < -0.39 is 0 Å². The Labute approximate surface area is 150 Å². The summed E-state index contributed by atoms with van der Waals surface area (Å²) in [4.78, 5) is 27.0. The third kappa shape index (κ3) is 5.05. The third-order valence-corrected chi connectivity index (χ3v) is 4.48. The van der Waals surface area contributed by atoms with Gasteiger partial charge >= 0.3 is 6.03 Å². The predicted molar refractivity (Wildman–Crippen MR) is 99.9 cm³/mol. The molecule has 0 radical (unpaired) electrons. The Hall–Kier alpha value is -1.40. The molecule has 7 heteroatoms. The van der Waals surface area contributed by atoms with E-state index in [0.29, 0.717) is 41.0 Å². The molecule has 6 nitrogen and oxygen atoms in total. The quantitative estimate of drug-likeness (QED) is 0.785. The molecule has 24 heavy (non-hydrogen) atoms. The lowest BCUT2D eigenvalue weighted by Crippen LogP contribution is -2.47. The highest BCUT2D eigenvalue weighted by Gasteiger charge is 2.24. The second-order valence-electron chi connectivity index (χ2n) is 6.76. The molecule has 0 saturated carbocycles. The summed E-state index contributed by atoms with van der Waals surface area (Å²) < 4.78 is 0. The van der Waals surface area contributed by atoms with Gasteiger partial charge in [-0.3, -0.25) is 9.80 Å². The van der Waals surface area contributed by atoms with Crippen LogP contribution in [0.3, 0.4) is 0 Å². The zero-order chi connectivity index (χ0) is 18.6. The smallest absolute Gasteiger partial charge is 0.326 e. The van der Waals surface area contributed by atoms with Crippen molar-refractivity contribution in [3.05, 3.63) is 16.4 Å². The molecule has 1 aromatic heterocycles. The normalized spacial score (nSPS) is 11.5. The van der Waals surface area contributed by atoms with Gasteiger partial charge in [-0.1, -0.05) is 11.6 Å². The number of amides is 2. The summed E-state index contributed by atoms with van der Waals surface area (Å²) >= 11 is 6.16. The van der Waals surface area contributed by atoms with Gasteiger partial charge in [0.1, 0.15) is 0 Å². The van der Waals surface area contributed by atoms with Crippen LogP contribution in [0.15, 0.2) is 0 Å². The number of aromatic nitrogens is 2. The lowest BCUT2D eigenvalue weighted by Gasteiger charge is -2.33. The average molecular weight is 356 g/mol. The largest absolute Gasteiger partial charge is 0.330 e. The minimum atomic E-state index is -0.136. The van der Waals surface area contributed by atoms with Gasteiger partial charge in [0.2, 0.25) is 5.95 Å². The fourth-order valence-electron chi connectivity index (χ4n) is 2.66. The molecule has 0 aliphatic rings. The highest BCUT2D eigenvalue weighted by atomic mass is 35.5. The highest BCUT2D eigenvalue weighted by molar-refractivity contribution is 6.31. The topological polar surface area (TPSA) is 52.6 Å². The van der Waals surface area contributed by atoms with Crippen LogP contribution in [0, 0.1) is 13.8 Å². The highest BCUT2D eigenvalue weighted by Crippen LogP contribution is 2.21. The van der Waals surface area contributed by atoms with Gasteiger partial charge in [0.25, 0.3) is 0 Å². The maximum Gasteiger partial charge on any atom is 0.326 e. The van der Waals surface area contributed by atoms with Crippen molar-refractivity contribution in [2.24, 2.45) is 0 Å². The first-order valence-corrected chi connectivity index (χ1v) is 8.69. The molecular weight excluding hydrogens is 326 g/mol. The Morgan fingerprint density at radius 2 is 1.46 bits per heavy atom. The number of anilines is 1. The molecule has 0 aromatic carbocycles. The summed E-state index contributed by atoms with van der Waals surface area (Å²) in [6.07, 6.45) is 0. The van der Waals surface area contributed by atoms with Crippen molar-refractivity contribution in [1.82, 2.24) is 19.8 Å². The minimum Gasteiger partial charge on any atom is -0.330 e. The standard InChI is InChI=1S/C17H30ClN5O/c1-11(2)22(12(3)4)9-10-23(17(24)21(7)8)16-19-13(5)15(18)14(6)20-16/h11-12H,9-10H2,1-8H3. The van der Waals surface area contributed by atoms with Crippen LogP contribution < -0.4 is 4.90 Å². The van der Waals surface area contributed by atoms with Gasteiger partial charge in [0, 0.05) is 39.3 Å². The molecule has 2 amide bonds. The van der Waals surface area contributed by atoms with Gasteiger partial charge in [-0.2, -0.15) is 0 Å². The van der Waals surface area contributed by atoms with Crippen molar-refractivity contribution in [3.8, 4) is 0 Å².